The Kier molecular flexibility index (Phi) is 7.99. The van der Waals surface area contributed by atoms with E-state index in [1.54, 1.807) is 7.11 Å². The number of guanidine groups is 1. The number of rotatable bonds is 5. The molecule has 0 amide bonds. The van der Waals surface area contributed by atoms with Crippen molar-refractivity contribution in [1.29, 1.82) is 0 Å². The Morgan fingerprint density at radius 2 is 1.92 bits per heavy atom. The van der Waals surface area contributed by atoms with Crippen molar-refractivity contribution in [2.75, 3.05) is 25.6 Å². The Hall–Kier alpha value is -2.00. The van der Waals surface area contributed by atoms with Gasteiger partial charge in [-0.15, -0.1) is 24.0 Å². The summed E-state index contributed by atoms with van der Waals surface area (Å²) in [6, 6.07) is 13.7. The maximum atomic E-state index is 6.02. The van der Waals surface area contributed by atoms with Gasteiger partial charge >= 0.3 is 0 Å². The lowest BCUT2D eigenvalue weighted by Crippen LogP contribution is -2.23. The molecule has 0 saturated heterocycles. The van der Waals surface area contributed by atoms with Crippen LogP contribution in [0.1, 0.15) is 17.5 Å². The van der Waals surface area contributed by atoms with Crippen LogP contribution >= 0.6 is 24.0 Å². The zero-order valence-electron chi connectivity index (χ0n) is 14.7. The maximum absolute atomic E-state index is 6.02. The third kappa shape index (κ3) is 5.50. The second kappa shape index (κ2) is 10.2. The summed E-state index contributed by atoms with van der Waals surface area (Å²) in [6.45, 7) is 2.32. The fraction of sp³-hybridized carbons (Fsp3) is 0.316. The van der Waals surface area contributed by atoms with Gasteiger partial charge in [0.15, 0.2) is 17.5 Å². The summed E-state index contributed by atoms with van der Waals surface area (Å²) < 4.78 is 16.5. The highest BCUT2D eigenvalue weighted by Gasteiger charge is 2.10. The van der Waals surface area contributed by atoms with Gasteiger partial charge in [0.25, 0.3) is 0 Å². The van der Waals surface area contributed by atoms with Crippen LogP contribution in [0, 0.1) is 0 Å². The molecule has 7 heteroatoms. The van der Waals surface area contributed by atoms with Gasteiger partial charge in [-0.2, -0.15) is 0 Å². The van der Waals surface area contributed by atoms with Gasteiger partial charge in [0.1, 0.15) is 0 Å². The summed E-state index contributed by atoms with van der Waals surface area (Å²) >= 11 is 0. The van der Waals surface area contributed by atoms with Crippen molar-refractivity contribution in [2.24, 2.45) is 10.7 Å². The molecule has 0 unspecified atom stereocenters. The largest absolute Gasteiger partial charge is 0.490 e. The average Bonchev–Trinajstić information content (AvgIpc) is 2.87. The number of anilines is 1. The molecule has 2 aromatic rings. The molecule has 0 radical (unpaired) electrons. The molecule has 140 valence electrons. The summed E-state index contributed by atoms with van der Waals surface area (Å²) in [5.74, 6) is 1.91. The number of nitrogens with one attached hydrogen (secondary N) is 1. The van der Waals surface area contributed by atoms with Crippen LogP contribution in [0.15, 0.2) is 47.5 Å². The maximum Gasteiger partial charge on any atom is 0.193 e. The number of nitrogens with zero attached hydrogens (tertiary/aromatic N) is 1. The van der Waals surface area contributed by atoms with E-state index in [1.807, 2.05) is 42.5 Å². The molecular weight excluding hydrogens is 445 g/mol. The molecule has 0 fully saturated rings. The van der Waals surface area contributed by atoms with Crippen molar-refractivity contribution < 1.29 is 14.2 Å². The quantitative estimate of drug-likeness (QED) is 0.398. The standard InChI is InChI=1S/C19H23N3O3.HI/c1-23-13-15-5-2-3-6-16(15)22-19(20)21-12-14-7-8-17-18(11-14)25-10-4-9-24-17;/h2-3,5-8,11H,4,9-10,12-13H2,1H3,(H3,20,21,22);1H. The van der Waals surface area contributed by atoms with E-state index in [0.717, 1.165) is 34.7 Å². The number of ether oxygens (including phenoxy) is 3. The van der Waals surface area contributed by atoms with E-state index in [1.165, 1.54) is 0 Å². The number of benzene rings is 2. The Balaban J connectivity index is 0.00000243. The van der Waals surface area contributed by atoms with E-state index >= 15 is 0 Å². The monoisotopic (exact) mass is 469 g/mol. The van der Waals surface area contributed by atoms with Crippen LogP contribution in [0.3, 0.4) is 0 Å². The molecule has 0 spiro atoms. The number of halogens is 1. The van der Waals surface area contributed by atoms with E-state index in [0.29, 0.717) is 32.3 Å². The number of methoxy groups -OCH3 is 1. The first-order valence-electron chi connectivity index (χ1n) is 8.28. The SMILES string of the molecule is COCc1ccccc1NC(N)=NCc1ccc2c(c1)OCCCO2.I. The van der Waals surface area contributed by atoms with Gasteiger partial charge in [0.05, 0.1) is 26.4 Å². The molecule has 1 aliphatic heterocycles. The first-order chi connectivity index (χ1) is 12.3. The van der Waals surface area contributed by atoms with Crippen LogP contribution in [0.2, 0.25) is 0 Å². The molecule has 2 aromatic carbocycles. The molecule has 3 rings (SSSR count). The molecule has 6 nitrogen and oxygen atoms in total. The van der Waals surface area contributed by atoms with Crippen molar-refractivity contribution in [1.82, 2.24) is 0 Å². The predicted molar refractivity (Wildman–Crippen MR) is 114 cm³/mol. The average molecular weight is 469 g/mol. The molecule has 0 aliphatic carbocycles. The normalized spacial score (nSPS) is 13.5. The number of aliphatic imine (C=N–C) groups is 1. The third-order valence-electron chi connectivity index (χ3n) is 3.82. The number of fused-ring (bicyclic) bond motifs is 1. The minimum atomic E-state index is 0. The first kappa shape index (κ1) is 20.3. The lowest BCUT2D eigenvalue weighted by Gasteiger charge is -2.11. The lowest BCUT2D eigenvalue weighted by molar-refractivity contribution is 0.185. The first-order valence-corrected chi connectivity index (χ1v) is 8.28. The van der Waals surface area contributed by atoms with Crippen LogP contribution in [0.5, 0.6) is 11.5 Å². The van der Waals surface area contributed by atoms with Crippen LogP contribution in [0.4, 0.5) is 5.69 Å². The molecule has 0 atom stereocenters. The minimum absolute atomic E-state index is 0. The summed E-state index contributed by atoms with van der Waals surface area (Å²) in [6.07, 6.45) is 0.889. The van der Waals surface area contributed by atoms with Crippen molar-refractivity contribution in [3.63, 3.8) is 0 Å². The molecule has 3 N–H and O–H groups in total. The molecule has 26 heavy (non-hydrogen) atoms. The Labute approximate surface area is 170 Å². The van der Waals surface area contributed by atoms with Crippen molar-refractivity contribution in [2.45, 2.75) is 19.6 Å². The fourth-order valence-electron chi connectivity index (χ4n) is 2.58. The third-order valence-corrected chi connectivity index (χ3v) is 3.82. The van der Waals surface area contributed by atoms with E-state index in [2.05, 4.69) is 10.3 Å². The molecule has 0 saturated carbocycles. The Morgan fingerprint density at radius 3 is 2.73 bits per heavy atom. The highest BCUT2D eigenvalue weighted by Crippen LogP contribution is 2.30. The Morgan fingerprint density at radius 1 is 1.15 bits per heavy atom. The van der Waals surface area contributed by atoms with Crippen molar-refractivity contribution in [3.05, 3.63) is 53.6 Å². The summed E-state index contributed by atoms with van der Waals surface area (Å²) in [4.78, 5) is 4.41. The predicted octanol–water partition coefficient (Wildman–Crippen LogP) is 3.54. The number of nitrogens with two attached hydrogens (primary N) is 1. The van der Waals surface area contributed by atoms with Gasteiger partial charge in [-0.1, -0.05) is 24.3 Å². The number of hydrogen-bond acceptors (Lipinski definition) is 4. The van der Waals surface area contributed by atoms with E-state index < -0.39 is 0 Å². The van der Waals surface area contributed by atoms with E-state index in [9.17, 15) is 0 Å². The van der Waals surface area contributed by atoms with Crippen LogP contribution in [0.25, 0.3) is 0 Å². The van der Waals surface area contributed by atoms with Gasteiger partial charge < -0.3 is 25.3 Å². The fourth-order valence-corrected chi connectivity index (χ4v) is 2.58. The van der Waals surface area contributed by atoms with Gasteiger partial charge in [0, 0.05) is 24.8 Å². The van der Waals surface area contributed by atoms with Crippen molar-refractivity contribution in [3.8, 4) is 11.5 Å². The molecule has 0 aromatic heterocycles. The second-order valence-electron chi connectivity index (χ2n) is 5.75. The second-order valence-corrected chi connectivity index (χ2v) is 5.75. The van der Waals surface area contributed by atoms with Crippen LogP contribution in [-0.4, -0.2) is 26.3 Å². The Bertz CT molecular complexity index is 753. The van der Waals surface area contributed by atoms with E-state index in [4.69, 9.17) is 19.9 Å². The van der Waals surface area contributed by atoms with Gasteiger partial charge in [-0.3, -0.25) is 0 Å². The summed E-state index contributed by atoms with van der Waals surface area (Å²) in [5.41, 5.74) is 8.96. The smallest absolute Gasteiger partial charge is 0.193 e. The molecular formula is C19H24IN3O3. The lowest BCUT2D eigenvalue weighted by atomic mass is 10.2. The van der Waals surface area contributed by atoms with Crippen molar-refractivity contribution >= 4 is 35.6 Å². The molecule has 0 bridgehead atoms. The summed E-state index contributed by atoms with van der Waals surface area (Å²) in [7, 11) is 1.67. The highest BCUT2D eigenvalue weighted by molar-refractivity contribution is 14.0. The molecule has 1 aliphatic rings. The van der Waals surface area contributed by atoms with Gasteiger partial charge in [0.2, 0.25) is 0 Å². The van der Waals surface area contributed by atoms with Gasteiger partial charge in [-0.05, 0) is 23.8 Å². The topological polar surface area (TPSA) is 78.1 Å². The number of para-hydroxylation sites is 1. The van der Waals surface area contributed by atoms with Gasteiger partial charge in [-0.25, -0.2) is 4.99 Å². The highest BCUT2D eigenvalue weighted by atomic mass is 127. The summed E-state index contributed by atoms with van der Waals surface area (Å²) in [5, 5.41) is 3.13. The van der Waals surface area contributed by atoms with Crippen LogP contribution in [-0.2, 0) is 17.9 Å². The van der Waals surface area contributed by atoms with E-state index in [-0.39, 0.29) is 24.0 Å². The molecule has 1 heterocycles. The minimum Gasteiger partial charge on any atom is -0.490 e. The number of hydrogen-bond donors (Lipinski definition) is 2. The van der Waals surface area contributed by atoms with Crippen LogP contribution < -0.4 is 20.5 Å². The zero-order chi connectivity index (χ0) is 17.5. The zero-order valence-corrected chi connectivity index (χ0v) is 17.1.